The Labute approximate surface area is 114 Å². The normalized spacial score (nSPS) is 19.9. The molecule has 1 aliphatic rings. The number of hydrogen-bond donors (Lipinski definition) is 1. The monoisotopic (exact) mass is 277 g/mol. The van der Waals surface area contributed by atoms with Crippen LogP contribution in [-0.4, -0.2) is 15.6 Å². The minimum absolute atomic E-state index is 0.221. The highest BCUT2D eigenvalue weighted by atomic mass is 19.3. The Hall–Kier alpha value is -2.01. The van der Waals surface area contributed by atoms with Crippen LogP contribution >= 0.6 is 0 Å². The predicted molar refractivity (Wildman–Crippen MR) is 70.7 cm³/mol. The number of aliphatic hydroxyl groups is 1. The van der Waals surface area contributed by atoms with Crippen molar-refractivity contribution in [1.82, 2.24) is 4.57 Å². The molecule has 20 heavy (non-hydrogen) atoms. The number of alkyl halides is 2. The standard InChI is InChI=1S/C15H13F2NO2/c1-18-11(6-3-7-12(18)19)10-5-2-4-9-8-15(16,17)14(20)13(9)10/h2-7,14,20H,8H2,1H3. The second kappa shape index (κ2) is 4.24. The number of rotatable bonds is 1. The summed E-state index contributed by atoms with van der Waals surface area (Å²) in [7, 11) is 1.58. The van der Waals surface area contributed by atoms with Crippen molar-refractivity contribution in [3.8, 4) is 11.3 Å². The zero-order chi connectivity index (χ0) is 14.5. The van der Waals surface area contributed by atoms with E-state index in [0.717, 1.165) is 0 Å². The van der Waals surface area contributed by atoms with E-state index < -0.39 is 18.4 Å². The largest absolute Gasteiger partial charge is 0.382 e. The fourth-order valence-electron chi connectivity index (χ4n) is 2.71. The Balaban J connectivity index is 2.27. The van der Waals surface area contributed by atoms with E-state index in [1.165, 1.54) is 10.6 Å². The van der Waals surface area contributed by atoms with Gasteiger partial charge in [-0.3, -0.25) is 4.79 Å². The maximum absolute atomic E-state index is 13.7. The van der Waals surface area contributed by atoms with Crippen molar-refractivity contribution in [2.75, 3.05) is 0 Å². The molecule has 0 aliphatic heterocycles. The van der Waals surface area contributed by atoms with Crippen LogP contribution in [0.4, 0.5) is 8.78 Å². The number of aromatic nitrogens is 1. The van der Waals surface area contributed by atoms with Gasteiger partial charge in [0.15, 0.2) is 0 Å². The molecule has 1 heterocycles. The zero-order valence-electron chi connectivity index (χ0n) is 10.8. The van der Waals surface area contributed by atoms with Gasteiger partial charge in [-0.25, -0.2) is 8.78 Å². The van der Waals surface area contributed by atoms with Gasteiger partial charge >= 0.3 is 0 Å². The van der Waals surface area contributed by atoms with Crippen molar-refractivity contribution in [1.29, 1.82) is 0 Å². The third kappa shape index (κ3) is 1.78. The van der Waals surface area contributed by atoms with Gasteiger partial charge in [0.25, 0.3) is 11.5 Å². The molecular weight excluding hydrogens is 264 g/mol. The predicted octanol–water partition coefficient (Wildman–Crippen LogP) is 2.28. The molecule has 104 valence electrons. The van der Waals surface area contributed by atoms with Crippen LogP contribution in [0.2, 0.25) is 0 Å². The average Bonchev–Trinajstić information content (AvgIpc) is 2.63. The number of pyridine rings is 1. The highest BCUT2D eigenvalue weighted by Crippen LogP contribution is 2.46. The lowest BCUT2D eigenvalue weighted by atomic mass is 9.99. The summed E-state index contributed by atoms with van der Waals surface area (Å²) in [6, 6.07) is 9.57. The number of nitrogens with zero attached hydrogens (tertiary/aromatic N) is 1. The molecule has 2 aromatic rings. The Morgan fingerprint density at radius 1 is 1.25 bits per heavy atom. The Morgan fingerprint density at radius 2 is 1.95 bits per heavy atom. The summed E-state index contributed by atoms with van der Waals surface area (Å²) in [5.74, 6) is -3.16. The smallest absolute Gasteiger partial charge is 0.281 e. The van der Waals surface area contributed by atoms with Gasteiger partial charge in [0.2, 0.25) is 0 Å². The van der Waals surface area contributed by atoms with E-state index in [0.29, 0.717) is 16.8 Å². The molecule has 0 bridgehead atoms. The van der Waals surface area contributed by atoms with Crippen molar-refractivity contribution < 1.29 is 13.9 Å². The Kier molecular flexibility index (Phi) is 2.76. The van der Waals surface area contributed by atoms with Gasteiger partial charge in [0.05, 0.1) is 5.69 Å². The summed E-state index contributed by atoms with van der Waals surface area (Å²) >= 11 is 0. The van der Waals surface area contributed by atoms with Gasteiger partial charge in [-0.05, 0) is 17.2 Å². The second-order valence-corrected chi connectivity index (χ2v) is 5.03. The van der Waals surface area contributed by atoms with Crippen LogP contribution in [0.1, 0.15) is 17.2 Å². The maximum atomic E-state index is 13.7. The molecule has 0 spiro atoms. The summed E-state index contributed by atoms with van der Waals surface area (Å²) in [5.41, 5.74) is 1.42. The van der Waals surface area contributed by atoms with Crippen molar-refractivity contribution in [3.05, 3.63) is 57.9 Å². The van der Waals surface area contributed by atoms with Gasteiger partial charge in [-0.2, -0.15) is 0 Å². The maximum Gasteiger partial charge on any atom is 0.281 e. The van der Waals surface area contributed by atoms with Crippen LogP contribution in [0.25, 0.3) is 11.3 Å². The number of halogens is 2. The highest BCUT2D eigenvalue weighted by Gasteiger charge is 2.47. The zero-order valence-corrected chi connectivity index (χ0v) is 10.8. The molecule has 1 aromatic carbocycles. The van der Waals surface area contributed by atoms with Crippen molar-refractivity contribution in [2.24, 2.45) is 7.05 Å². The first-order chi connectivity index (χ1) is 9.42. The molecule has 1 unspecified atom stereocenters. The lowest BCUT2D eigenvalue weighted by molar-refractivity contribution is -0.0966. The number of benzene rings is 1. The van der Waals surface area contributed by atoms with E-state index in [1.807, 2.05) is 0 Å². The Morgan fingerprint density at radius 3 is 2.70 bits per heavy atom. The lowest BCUT2D eigenvalue weighted by Gasteiger charge is -2.17. The van der Waals surface area contributed by atoms with Gasteiger partial charge in [0, 0.05) is 25.1 Å². The molecule has 1 aliphatic carbocycles. The van der Waals surface area contributed by atoms with Crippen LogP contribution in [0.5, 0.6) is 0 Å². The molecule has 0 saturated carbocycles. The van der Waals surface area contributed by atoms with E-state index in [-0.39, 0.29) is 11.1 Å². The minimum atomic E-state index is -3.16. The first-order valence-electron chi connectivity index (χ1n) is 6.26. The van der Waals surface area contributed by atoms with Crippen molar-refractivity contribution in [2.45, 2.75) is 18.4 Å². The van der Waals surface area contributed by atoms with Gasteiger partial charge in [-0.1, -0.05) is 24.3 Å². The number of hydrogen-bond acceptors (Lipinski definition) is 2. The average molecular weight is 277 g/mol. The molecule has 1 aromatic heterocycles. The molecule has 0 radical (unpaired) electrons. The molecule has 3 rings (SSSR count). The first-order valence-corrected chi connectivity index (χ1v) is 6.26. The van der Waals surface area contributed by atoms with Crippen LogP contribution < -0.4 is 5.56 Å². The van der Waals surface area contributed by atoms with Gasteiger partial charge in [0.1, 0.15) is 6.10 Å². The van der Waals surface area contributed by atoms with Crippen LogP contribution in [0, 0.1) is 0 Å². The van der Waals surface area contributed by atoms with Crippen molar-refractivity contribution in [3.63, 3.8) is 0 Å². The molecule has 0 saturated heterocycles. The minimum Gasteiger partial charge on any atom is -0.382 e. The van der Waals surface area contributed by atoms with Crippen LogP contribution in [-0.2, 0) is 13.5 Å². The van der Waals surface area contributed by atoms with Crippen LogP contribution in [0.3, 0.4) is 0 Å². The second-order valence-electron chi connectivity index (χ2n) is 5.03. The molecule has 1 atom stereocenters. The lowest BCUT2D eigenvalue weighted by Crippen LogP contribution is -2.22. The number of aliphatic hydroxyl groups excluding tert-OH is 1. The summed E-state index contributed by atoms with van der Waals surface area (Å²) in [6.45, 7) is 0. The quantitative estimate of drug-likeness (QED) is 0.869. The van der Waals surface area contributed by atoms with Crippen molar-refractivity contribution >= 4 is 0 Å². The van der Waals surface area contributed by atoms with E-state index >= 15 is 0 Å². The molecule has 0 amide bonds. The molecular formula is C15H13F2NO2. The topological polar surface area (TPSA) is 42.2 Å². The molecule has 5 heteroatoms. The summed E-state index contributed by atoms with van der Waals surface area (Å²) in [5, 5.41) is 9.87. The molecule has 3 nitrogen and oxygen atoms in total. The van der Waals surface area contributed by atoms with Gasteiger partial charge < -0.3 is 9.67 Å². The number of fused-ring (bicyclic) bond motifs is 1. The van der Waals surface area contributed by atoms with E-state index in [4.69, 9.17) is 0 Å². The molecule has 1 N–H and O–H groups in total. The third-order valence-electron chi connectivity index (χ3n) is 3.76. The van der Waals surface area contributed by atoms with E-state index in [1.54, 1.807) is 37.4 Å². The fraction of sp³-hybridized carbons (Fsp3) is 0.267. The molecule has 0 fully saturated rings. The SMILES string of the molecule is Cn1c(-c2cccc3c2C(O)C(F)(F)C3)cccc1=O. The fourth-order valence-corrected chi connectivity index (χ4v) is 2.71. The third-order valence-corrected chi connectivity index (χ3v) is 3.76. The van der Waals surface area contributed by atoms with Gasteiger partial charge in [-0.15, -0.1) is 0 Å². The summed E-state index contributed by atoms with van der Waals surface area (Å²) in [6.07, 6.45) is -2.30. The summed E-state index contributed by atoms with van der Waals surface area (Å²) < 4.78 is 28.8. The van der Waals surface area contributed by atoms with E-state index in [9.17, 15) is 18.7 Å². The Bertz CT molecular complexity index is 737. The summed E-state index contributed by atoms with van der Waals surface area (Å²) in [4.78, 5) is 11.7. The first kappa shape index (κ1) is 13.0. The van der Waals surface area contributed by atoms with E-state index in [2.05, 4.69) is 0 Å². The van der Waals surface area contributed by atoms with Crippen LogP contribution in [0.15, 0.2) is 41.2 Å². The highest BCUT2D eigenvalue weighted by molar-refractivity contribution is 5.68.